The van der Waals surface area contributed by atoms with E-state index >= 15 is 0 Å². The monoisotopic (exact) mass is 1230 g/mol. The minimum absolute atomic E-state index is 0. The molecule has 0 spiro atoms. The SMILES string of the molecule is CCCCCCCCC(=O)NCCCCCCC(CNCCCCNCCCNC)CNCCCCNCCCNC.CCCCCCCCCCCCCCCCCNC(=O)CCCCCCCCCCCNC(=O)[C@H](O)[C@@H](O)[C@H](O)CCO.O. The Kier molecular flexibility index (Phi) is 77.3. The van der Waals surface area contributed by atoms with Crippen LogP contribution in [0.1, 0.15) is 296 Å². The number of carbonyl (C=O) groups is 3. The molecule has 0 aliphatic heterocycles. The van der Waals surface area contributed by atoms with Crippen molar-refractivity contribution >= 4 is 17.7 Å². The third-order valence-electron chi connectivity index (χ3n) is 16.4. The van der Waals surface area contributed by atoms with Crippen LogP contribution in [0.25, 0.3) is 0 Å². The van der Waals surface area contributed by atoms with Crippen molar-refractivity contribution in [2.45, 2.75) is 315 Å². The molecule has 0 unspecified atom stereocenters. The van der Waals surface area contributed by atoms with E-state index in [-0.39, 0.29) is 30.3 Å². The van der Waals surface area contributed by atoms with Crippen molar-refractivity contribution in [3.05, 3.63) is 0 Å². The van der Waals surface area contributed by atoms with Crippen LogP contribution in [0.2, 0.25) is 0 Å². The zero-order valence-corrected chi connectivity index (χ0v) is 56.8. The van der Waals surface area contributed by atoms with Crippen molar-refractivity contribution in [1.82, 2.24) is 47.9 Å². The third kappa shape index (κ3) is 69.4. The predicted molar refractivity (Wildman–Crippen MR) is 365 cm³/mol. The van der Waals surface area contributed by atoms with Crippen LogP contribution in [0.4, 0.5) is 0 Å². The van der Waals surface area contributed by atoms with Crippen molar-refractivity contribution in [3.8, 4) is 0 Å². The standard InChI is InChI=1S/C35H70N2O6.C34H75N7O.H2O/c1-2-3-4-5-6-7-8-9-10-11-12-15-18-21-24-28-36-32(40)26-23-20-17-14-13-16-19-22-25-29-37-35(43)34(42)33(41)31(39)27-30-38;1-4-5-6-7-8-12-21-34(42)41-30-13-10-9-11-20-33(31-39-26-16-14-24-37-28-18-22-35-2)32-40-27-17-15-25-38-29-19-23-36-3;/h31,33-34,38-39,41-42H,2-30H2,1H3,(H,36,40)(H,37,43);33,35-40H,4-32H2,1-3H3,(H,41,42);1H2/t31-,33+,34-;;/m1../s1. The summed E-state index contributed by atoms with van der Waals surface area (Å²) in [6.45, 7) is 17.4. The van der Waals surface area contributed by atoms with E-state index in [4.69, 9.17) is 5.11 Å². The molecule has 3 amide bonds. The first-order valence-electron chi connectivity index (χ1n) is 36.3. The van der Waals surface area contributed by atoms with Crippen LogP contribution in [-0.2, 0) is 14.4 Å². The van der Waals surface area contributed by atoms with E-state index in [9.17, 15) is 29.7 Å². The number of hydrogen-bond acceptors (Lipinski definition) is 13. The Bertz CT molecular complexity index is 1320. The van der Waals surface area contributed by atoms with Gasteiger partial charge >= 0.3 is 0 Å². The number of hydrogen-bond donors (Lipinski definition) is 13. The number of rotatable bonds is 69. The maximum absolute atomic E-state index is 12.0. The molecule has 3 atom stereocenters. The highest BCUT2D eigenvalue weighted by Gasteiger charge is 2.29. The predicted octanol–water partition coefficient (Wildman–Crippen LogP) is 10.2. The minimum atomic E-state index is -1.70. The van der Waals surface area contributed by atoms with Gasteiger partial charge < -0.3 is 73.8 Å². The van der Waals surface area contributed by atoms with Crippen LogP contribution in [0.15, 0.2) is 0 Å². The number of carbonyl (C=O) groups excluding carboxylic acids is 3. The molecule has 17 nitrogen and oxygen atoms in total. The Labute approximate surface area is 530 Å². The van der Waals surface area contributed by atoms with Crippen molar-refractivity contribution in [2.24, 2.45) is 5.92 Å². The molecule has 0 aromatic rings. The normalized spacial score (nSPS) is 12.4. The molecule has 516 valence electrons. The zero-order chi connectivity index (χ0) is 62.4. The number of nitrogens with one attached hydrogen (secondary N) is 9. The van der Waals surface area contributed by atoms with Gasteiger partial charge in [-0.15, -0.1) is 0 Å². The molecule has 0 aromatic heterocycles. The molecule has 0 fully saturated rings. The first kappa shape index (κ1) is 88.2. The third-order valence-corrected chi connectivity index (χ3v) is 16.4. The van der Waals surface area contributed by atoms with Gasteiger partial charge in [-0.1, -0.05) is 200 Å². The van der Waals surface area contributed by atoms with Gasteiger partial charge in [0.1, 0.15) is 6.10 Å². The summed E-state index contributed by atoms with van der Waals surface area (Å²) in [5.41, 5.74) is 0. The maximum Gasteiger partial charge on any atom is 0.251 e. The summed E-state index contributed by atoms with van der Waals surface area (Å²) in [6, 6.07) is 0. The molecule has 0 saturated heterocycles. The zero-order valence-electron chi connectivity index (χ0n) is 56.8. The molecule has 0 aliphatic rings. The van der Waals surface area contributed by atoms with Gasteiger partial charge in [0.15, 0.2) is 6.10 Å². The van der Waals surface area contributed by atoms with Gasteiger partial charge in [-0.3, -0.25) is 14.4 Å². The Hall–Kier alpha value is -2.03. The van der Waals surface area contributed by atoms with Crippen molar-refractivity contribution in [1.29, 1.82) is 0 Å². The van der Waals surface area contributed by atoms with Crippen LogP contribution in [0.5, 0.6) is 0 Å². The molecular weight excluding hydrogens is 1080 g/mol. The summed E-state index contributed by atoms with van der Waals surface area (Å²) >= 11 is 0. The van der Waals surface area contributed by atoms with E-state index < -0.39 is 24.2 Å². The molecular formula is C69H147N9O8. The molecule has 0 aliphatic carbocycles. The van der Waals surface area contributed by atoms with E-state index in [1.165, 1.54) is 199 Å². The van der Waals surface area contributed by atoms with E-state index in [0.29, 0.717) is 25.3 Å². The maximum atomic E-state index is 12.0. The summed E-state index contributed by atoms with van der Waals surface area (Å²) in [4.78, 5) is 35.9. The largest absolute Gasteiger partial charge is 0.412 e. The lowest BCUT2D eigenvalue weighted by Crippen LogP contribution is -2.47. The van der Waals surface area contributed by atoms with E-state index in [0.717, 1.165) is 143 Å². The second-order valence-electron chi connectivity index (χ2n) is 24.7. The number of aliphatic hydroxyl groups is 4. The van der Waals surface area contributed by atoms with E-state index in [1.54, 1.807) is 0 Å². The fraction of sp³-hybridized carbons (Fsp3) is 0.957. The molecule has 0 rings (SSSR count). The fourth-order valence-corrected chi connectivity index (χ4v) is 10.7. The van der Waals surface area contributed by atoms with E-state index in [2.05, 4.69) is 61.7 Å². The Balaban J connectivity index is -0.00000158. The Morgan fingerprint density at radius 1 is 0.337 bits per heavy atom. The van der Waals surface area contributed by atoms with Crippen molar-refractivity contribution in [3.63, 3.8) is 0 Å². The highest BCUT2D eigenvalue weighted by atomic mass is 16.4. The topological polar surface area (TPSA) is 272 Å². The number of unbranched alkanes of at least 4 members (excludes halogenated alkanes) is 32. The summed E-state index contributed by atoms with van der Waals surface area (Å²) in [5, 5.41) is 67.6. The van der Waals surface area contributed by atoms with Gasteiger partial charge in [-0.25, -0.2) is 0 Å². The molecule has 15 N–H and O–H groups in total. The van der Waals surface area contributed by atoms with Gasteiger partial charge in [0, 0.05) is 39.1 Å². The van der Waals surface area contributed by atoms with Crippen LogP contribution >= 0.6 is 0 Å². The molecule has 0 aromatic carbocycles. The quantitative estimate of drug-likeness (QED) is 0.0253. The van der Waals surface area contributed by atoms with Gasteiger partial charge in [0.05, 0.1) is 6.10 Å². The lowest BCUT2D eigenvalue weighted by molar-refractivity contribution is -0.141. The summed E-state index contributed by atoms with van der Waals surface area (Å²) in [7, 11) is 4.03. The first-order chi connectivity index (χ1) is 41.7. The van der Waals surface area contributed by atoms with Crippen LogP contribution in [-0.4, -0.2) is 168 Å². The van der Waals surface area contributed by atoms with Crippen LogP contribution in [0.3, 0.4) is 0 Å². The highest BCUT2D eigenvalue weighted by Crippen LogP contribution is 2.15. The van der Waals surface area contributed by atoms with E-state index in [1.807, 2.05) is 14.1 Å². The van der Waals surface area contributed by atoms with Crippen LogP contribution < -0.4 is 47.9 Å². The first-order valence-corrected chi connectivity index (χ1v) is 36.3. The second-order valence-corrected chi connectivity index (χ2v) is 24.7. The summed E-state index contributed by atoms with van der Waals surface area (Å²) in [6.07, 6.45) is 47.5. The average Bonchev–Trinajstić information content (AvgIpc) is 3.66. The Morgan fingerprint density at radius 2 is 0.640 bits per heavy atom. The van der Waals surface area contributed by atoms with Gasteiger partial charge in [-0.05, 0) is 169 Å². The van der Waals surface area contributed by atoms with Crippen molar-refractivity contribution in [2.75, 3.05) is 106 Å². The molecule has 0 saturated carbocycles. The Morgan fingerprint density at radius 3 is 1.00 bits per heavy atom. The molecule has 0 bridgehead atoms. The van der Waals surface area contributed by atoms with Crippen molar-refractivity contribution < 1.29 is 40.3 Å². The number of amides is 3. The second kappa shape index (κ2) is 75.4. The number of aliphatic hydroxyl groups excluding tert-OH is 4. The molecule has 0 radical (unpaired) electrons. The highest BCUT2D eigenvalue weighted by molar-refractivity contribution is 5.81. The van der Waals surface area contributed by atoms with Gasteiger partial charge in [0.25, 0.3) is 5.91 Å². The molecule has 86 heavy (non-hydrogen) atoms. The summed E-state index contributed by atoms with van der Waals surface area (Å²) in [5.74, 6) is 0.433. The lowest BCUT2D eigenvalue weighted by Gasteiger charge is -2.21. The minimum Gasteiger partial charge on any atom is -0.412 e. The van der Waals surface area contributed by atoms with Gasteiger partial charge in [0.2, 0.25) is 11.8 Å². The summed E-state index contributed by atoms with van der Waals surface area (Å²) < 4.78 is 0. The molecule has 0 heterocycles. The average molecular weight is 1230 g/mol. The smallest absolute Gasteiger partial charge is 0.251 e. The fourth-order valence-electron chi connectivity index (χ4n) is 10.7. The van der Waals surface area contributed by atoms with Crippen LogP contribution in [0, 0.1) is 5.92 Å². The van der Waals surface area contributed by atoms with Gasteiger partial charge in [-0.2, -0.15) is 0 Å². The lowest BCUT2D eigenvalue weighted by atomic mass is 10.00. The molecule has 17 heteroatoms.